The Hall–Kier alpha value is -0.225. The molecule has 1 atom stereocenters. The summed E-state index contributed by atoms with van der Waals surface area (Å²) < 4.78 is 34.3. The van der Waals surface area contributed by atoms with E-state index in [0.29, 0.717) is 0 Å². The molecule has 0 unspecified atom stereocenters. The zero-order chi connectivity index (χ0) is 8.20. The van der Waals surface area contributed by atoms with Gasteiger partial charge < -0.3 is 23.4 Å². The highest BCUT2D eigenvalue weighted by Crippen LogP contribution is 2.04. The molecule has 0 aromatic rings. The lowest BCUT2D eigenvalue weighted by Crippen LogP contribution is -2.37. The Morgan fingerprint density at radius 2 is 2.00 bits per heavy atom. The van der Waals surface area contributed by atoms with Crippen molar-refractivity contribution < 1.29 is 18.1 Å². The van der Waals surface area contributed by atoms with E-state index in [0.717, 1.165) is 0 Å². The molecule has 0 saturated heterocycles. The van der Waals surface area contributed by atoms with Crippen molar-refractivity contribution in [2.75, 3.05) is 13.0 Å². The third-order valence-corrected chi connectivity index (χ3v) is 0.816. The van der Waals surface area contributed by atoms with Crippen molar-refractivity contribution in [3.8, 4) is 0 Å². The molecule has 0 rings (SSSR count). The molecule has 62 valence electrons. The Balaban J connectivity index is 3.21. The van der Waals surface area contributed by atoms with Crippen LogP contribution in [0.4, 0.5) is 12.9 Å². The van der Waals surface area contributed by atoms with Crippen molar-refractivity contribution in [3.05, 3.63) is 0 Å². The number of aliphatic hydroxyl groups excluding tert-OH is 1. The van der Waals surface area contributed by atoms with Crippen LogP contribution in [0.15, 0.2) is 0 Å². The molecular weight excluding hydrogens is 146 g/mol. The lowest BCUT2D eigenvalue weighted by molar-refractivity contribution is 0.192. The SMILES string of the molecule is C[C@@H](O)CNC[B-](F)(F)F. The van der Waals surface area contributed by atoms with E-state index in [1.54, 1.807) is 0 Å². The van der Waals surface area contributed by atoms with Crippen molar-refractivity contribution in [2.24, 2.45) is 0 Å². The first kappa shape index (κ1) is 9.77. The van der Waals surface area contributed by atoms with Gasteiger partial charge in [-0.25, -0.2) is 0 Å². The molecule has 2 N–H and O–H groups in total. The van der Waals surface area contributed by atoms with Gasteiger partial charge in [0, 0.05) is 6.54 Å². The van der Waals surface area contributed by atoms with Crippen LogP contribution in [0.5, 0.6) is 0 Å². The first-order valence-electron chi connectivity index (χ1n) is 3.01. The molecule has 0 aromatic carbocycles. The minimum Gasteiger partial charge on any atom is -0.448 e. The van der Waals surface area contributed by atoms with Crippen LogP contribution in [0.3, 0.4) is 0 Å². The molecule has 0 aliphatic rings. The van der Waals surface area contributed by atoms with Crippen LogP contribution in [-0.4, -0.2) is 31.2 Å². The Kier molecular flexibility index (Phi) is 3.74. The molecule has 0 radical (unpaired) electrons. The van der Waals surface area contributed by atoms with Crippen LogP contribution in [0.1, 0.15) is 6.92 Å². The summed E-state index contributed by atoms with van der Waals surface area (Å²) in [6.07, 6.45) is -1.71. The molecule has 0 saturated carbocycles. The van der Waals surface area contributed by atoms with Gasteiger partial charge in [0.1, 0.15) is 0 Å². The zero-order valence-electron chi connectivity index (χ0n) is 5.65. The van der Waals surface area contributed by atoms with Crippen LogP contribution in [0, 0.1) is 0 Å². The molecule has 0 bridgehead atoms. The second kappa shape index (κ2) is 3.83. The maximum atomic E-state index is 11.4. The molecule has 2 nitrogen and oxygen atoms in total. The summed E-state index contributed by atoms with van der Waals surface area (Å²) in [7, 11) is 0. The van der Waals surface area contributed by atoms with Gasteiger partial charge in [0.15, 0.2) is 0 Å². The Bertz CT molecular complexity index is 95.0. The summed E-state index contributed by atoms with van der Waals surface area (Å²) in [5.74, 6) is 0. The molecule has 0 amide bonds. The highest BCUT2D eigenvalue weighted by Gasteiger charge is 2.21. The van der Waals surface area contributed by atoms with E-state index in [2.05, 4.69) is 5.32 Å². The van der Waals surface area contributed by atoms with Crippen molar-refractivity contribution in [1.82, 2.24) is 5.32 Å². The largest absolute Gasteiger partial charge is 0.491 e. The number of rotatable bonds is 4. The van der Waals surface area contributed by atoms with Gasteiger partial charge in [0.25, 0.3) is 0 Å². The van der Waals surface area contributed by atoms with E-state index < -0.39 is 19.5 Å². The average molecular weight is 156 g/mol. The topological polar surface area (TPSA) is 32.3 Å². The minimum absolute atomic E-state index is 0.0126. The maximum Gasteiger partial charge on any atom is 0.491 e. The molecule has 0 aliphatic heterocycles. The Morgan fingerprint density at radius 3 is 2.30 bits per heavy atom. The number of nitrogens with one attached hydrogen (secondary N) is 1. The number of halogens is 3. The predicted molar refractivity (Wildman–Crippen MR) is 33.6 cm³/mol. The fraction of sp³-hybridized carbons (Fsp3) is 1.00. The minimum atomic E-state index is -4.75. The Labute approximate surface area is 57.5 Å². The van der Waals surface area contributed by atoms with Gasteiger partial charge in [-0.2, -0.15) is 0 Å². The van der Waals surface area contributed by atoms with E-state index in [4.69, 9.17) is 5.11 Å². The molecule has 0 spiro atoms. The van der Waals surface area contributed by atoms with Gasteiger partial charge in [0.2, 0.25) is 0 Å². The van der Waals surface area contributed by atoms with E-state index >= 15 is 0 Å². The zero-order valence-corrected chi connectivity index (χ0v) is 5.65. The second-order valence-electron chi connectivity index (χ2n) is 2.22. The fourth-order valence-corrected chi connectivity index (χ4v) is 0.456. The van der Waals surface area contributed by atoms with Crippen LogP contribution >= 0.6 is 0 Å². The summed E-state index contributed by atoms with van der Waals surface area (Å²) in [5, 5.41) is 10.6. The van der Waals surface area contributed by atoms with Gasteiger partial charge in [-0.15, -0.1) is 0 Å². The van der Waals surface area contributed by atoms with E-state index in [-0.39, 0.29) is 6.54 Å². The van der Waals surface area contributed by atoms with Gasteiger partial charge in [-0.05, 0) is 13.4 Å². The summed E-state index contributed by atoms with van der Waals surface area (Å²) in [4.78, 5) is 0. The van der Waals surface area contributed by atoms with Crippen LogP contribution in [0.2, 0.25) is 0 Å². The lowest BCUT2D eigenvalue weighted by Gasteiger charge is -2.14. The van der Waals surface area contributed by atoms with Gasteiger partial charge in [-0.3, -0.25) is 0 Å². The average Bonchev–Trinajstić information content (AvgIpc) is 1.59. The van der Waals surface area contributed by atoms with Gasteiger partial charge >= 0.3 is 6.98 Å². The third kappa shape index (κ3) is 7.77. The van der Waals surface area contributed by atoms with Gasteiger partial charge in [0.05, 0.1) is 6.10 Å². The number of hydrogen-bond acceptors (Lipinski definition) is 2. The van der Waals surface area contributed by atoms with Crippen molar-refractivity contribution in [2.45, 2.75) is 13.0 Å². The third-order valence-electron chi connectivity index (χ3n) is 0.816. The predicted octanol–water partition coefficient (Wildman–Crippen LogP) is 0.343. The smallest absolute Gasteiger partial charge is 0.448 e. The summed E-state index contributed by atoms with van der Waals surface area (Å²) >= 11 is 0. The first-order valence-corrected chi connectivity index (χ1v) is 3.01. The Morgan fingerprint density at radius 1 is 1.50 bits per heavy atom. The van der Waals surface area contributed by atoms with Gasteiger partial charge in [-0.1, -0.05) is 0 Å². The quantitative estimate of drug-likeness (QED) is 0.575. The molecule has 10 heavy (non-hydrogen) atoms. The van der Waals surface area contributed by atoms with Crippen LogP contribution in [-0.2, 0) is 0 Å². The van der Waals surface area contributed by atoms with Crippen molar-refractivity contribution in [3.63, 3.8) is 0 Å². The fourth-order valence-electron chi connectivity index (χ4n) is 0.456. The highest BCUT2D eigenvalue weighted by molar-refractivity contribution is 6.58. The molecule has 0 heterocycles. The molecule has 0 fully saturated rings. The molecular formula is C4H10BF3NO-. The number of hydrogen-bond donors (Lipinski definition) is 2. The molecule has 6 heteroatoms. The second-order valence-corrected chi connectivity index (χ2v) is 2.22. The normalized spacial score (nSPS) is 15.3. The standard InChI is InChI=1S/C4H10BF3NO/c1-4(10)2-9-3-5(6,7)8/h4,9-10H,2-3H2,1H3/q-1/t4-/m1/s1. The van der Waals surface area contributed by atoms with E-state index in [1.807, 2.05) is 0 Å². The number of aliphatic hydroxyl groups is 1. The lowest BCUT2D eigenvalue weighted by atomic mass is 9.92. The molecule has 0 aromatic heterocycles. The van der Waals surface area contributed by atoms with Crippen molar-refractivity contribution in [1.29, 1.82) is 0 Å². The van der Waals surface area contributed by atoms with E-state index in [9.17, 15) is 12.9 Å². The first-order chi connectivity index (χ1) is 4.42. The summed E-state index contributed by atoms with van der Waals surface area (Å²) in [6, 6.07) is 0. The van der Waals surface area contributed by atoms with Crippen molar-refractivity contribution >= 4 is 6.98 Å². The molecule has 0 aliphatic carbocycles. The highest BCUT2D eigenvalue weighted by atomic mass is 19.4. The summed E-state index contributed by atoms with van der Waals surface area (Å²) in [6.45, 7) is -3.34. The van der Waals surface area contributed by atoms with Crippen LogP contribution in [0.25, 0.3) is 0 Å². The van der Waals surface area contributed by atoms with Crippen LogP contribution < -0.4 is 5.32 Å². The summed E-state index contributed by atoms with van der Waals surface area (Å²) in [5.41, 5.74) is 0. The monoisotopic (exact) mass is 156 g/mol. The van der Waals surface area contributed by atoms with E-state index in [1.165, 1.54) is 6.92 Å². The maximum absolute atomic E-state index is 11.4.